The van der Waals surface area contributed by atoms with Crippen molar-refractivity contribution in [2.75, 3.05) is 0 Å². The standard InChI is InChI=1S/C27H35ClN6O4/c1-4-10-21(25(36)30-19-12-6-5-7-13-19)34(15-18-11-8-9-14-20(18)28)22(35)16-33-17-29-24-23(33)26(37)32(3)27(38)31(24)2/h8-9,11,14,17,19,21H,4-7,10,12-13,15-16H2,1-3H3,(H,30,36)/t21-/m1/s1. The molecule has 1 saturated carbocycles. The van der Waals surface area contributed by atoms with Crippen molar-refractivity contribution in [1.82, 2.24) is 28.9 Å². The number of rotatable bonds is 9. The number of fused-ring (bicyclic) bond motifs is 1. The van der Waals surface area contributed by atoms with E-state index in [1.807, 2.05) is 25.1 Å². The van der Waals surface area contributed by atoms with Gasteiger partial charge in [-0.05, 0) is 30.9 Å². The molecule has 3 aromatic rings. The van der Waals surface area contributed by atoms with Gasteiger partial charge in [0, 0.05) is 31.7 Å². The number of halogens is 1. The third kappa shape index (κ3) is 5.70. The maximum absolute atomic E-state index is 13.9. The average Bonchev–Trinajstić information content (AvgIpc) is 3.33. The number of hydrogen-bond acceptors (Lipinski definition) is 5. The first-order chi connectivity index (χ1) is 18.2. The molecule has 0 aliphatic heterocycles. The quantitative estimate of drug-likeness (QED) is 0.447. The van der Waals surface area contributed by atoms with Gasteiger partial charge < -0.3 is 14.8 Å². The number of aromatic nitrogens is 4. The number of amides is 2. The highest BCUT2D eigenvalue weighted by atomic mass is 35.5. The summed E-state index contributed by atoms with van der Waals surface area (Å²) in [6, 6.07) is 6.65. The second-order valence-corrected chi connectivity index (χ2v) is 10.4. The Morgan fingerprint density at radius 2 is 1.84 bits per heavy atom. The molecule has 2 amide bonds. The molecular weight excluding hydrogens is 508 g/mol. The van der Waals surface area contributed by atoms with Gasteiger partial charge in [-0.1, -0.05) is 62.4 Å². The molecule has 204 valence electrons. The second-order valence-electron chi connectivity index (χ2n) is 10.0. The second kappa shape index (κ2) is 12.0. The molecule has 1 fully saturated rings. The third-order valence-corrected chi connectivity index (χ3v) is 7.70. The van der Waals surface area contributed by atoms with Gasteiger partial charge in [0.15, 0.2) is 11.2 Å². The lowest BCUT2D eigenvalue weighted by Crippen LogP contribution is -2.52. The van der Waals surface area contributed by atoms with Crippen LogP contribution >= 0.6 is 11.6 Å². The van der Waals surface area contributed by atoms with E-state index < -0.39 is 17.3 Å². The van der Waals surface area contributed by atoms with Gasteiger partial charge >= 0.3 is 5.69 Å². The number of aryl methyl sites for hydroxylation is 1. The van der Waals surface area contributed by atoms with Crippen molar-refractivity contribution in [3.05, 3.63) is 62.0 Å². The molecule has 4 rings (SSSR count). The van der Waals surface area contributed by atoms with Gasteiger partial charge in [0.05, 0.1) is 6.33 Å². The Labute approximate surface area is 226 Å². The van der Waals surface area contributed by atoms with Crippen LogP contribution in [0.2, 0.25) is 5.02 Å². The Morgan fingerprint density at radius 1 is 1.13 bits per heavy atom. The van der Waals surface area contributed by atoms with Crippen LogP contribution in [0.4, 0.5) is 0 Å². The predicted octanol–water partition coefficient (Wildman–Crippen LogP) is 2.73. The summed E-state index contributed by atoms with van der Waals surface area (Å²) in [6.07, 6.45) is 7.77. The van der Waals surface area contributed by atoms with Crippen LogP contribution in [0.1, 0.15) is 57.4 Å². The molecule has 11 heteroatoms. The fraction of sp³-hybridized carbons (Fsp3) is 0.519. The van der Waals surface area contributed by atoms with Gasteiger partial charge in [-0.3, -0.25) is 23.5 Å². The summed E-state index contributed by atoms with van der Waals surface area (Å²) < 4.78 is 3.71. The van der Waals surface area contributed by atoms with E-state index in [1.54, 1.807) is 11.0 Å². The number of carbonyl (C=O) groups excluding carboxylic acids is 2. The van der Waals surface area contributed by atoms with E-state index in [9.17, 15) is 19.2 Å². The zero-order valence-electron chi connectivity index (χ0n) is 22.2. The molecule has 2 aromatic heterocycles. The van der Waals surface area contributed by atoms with Crippen molar-refractivity contribution < 1.29 is 9.59 Å². The van der Waals surface area contributed by atoms with Crippen molar-refractivity contribution in [3.8, 4) is 0 Å². The van der Waals surface area contributed by atoms with Crippen LogP contribution in [0.3, 0.4) is 0 Å². The van der Waals surface area contributed by atoms with E-state index in [4.69, 9.17) is 11.6 Å². The molecular formula is C27H35ClN6O4. The highest BCUT2D eigenvalue weighted by molar-refractivity contribution is 6.31. The zero-order chi connectivity index (χ0) is 27.4. The van der Waals surface area contributed by atoms with E-state index in [0.717, 1.165) is 35.8 Å². The van der Waals surface area contributed by atoms with Crippen LogP contribution in [0.5, 0.6) is 0 Å². The Morgan fingerprint density at radius 3 is 2.53 bits per heavy atom. The van der Waals surface area contributed by atoms with Crippen molar-refractivity contribution in [2.24, 2.45) is 14.1 Å². The number of benzene rings is 1. The molecule has 1 N–H and O–H groups in total. The van der Waals surface area contributed by atoms with E-state index >= 15 is 0 Å². The summed E-state index contributed by atoms with van der Waals surface area (Å²) in [5.74, 6) is -0.523. The topological polar surface area (TPSA) is 111 Å². The molecule has 1 atom stereocenters. The minimum Gasteiger partial charge on any atom is -0.352 e. The van der Waals surface area contributed by atoms with Crippen molar-refractivity contribution >= 4 is 34.6 Å². The van der Waals surface area contributed by atoms with E-state index in [2.05, 4.69) is 10.3 Å². The molecule has 0 radical (unpaired) electrons. The fourth-order valence-corrected chi connectivity index (χ4v) is 5.38. The number of hydrogen-bond donors (Lipinski definition) is 1. The summed E-state index contributed by atoms with van der Waals surface area (Å²) in [6.45, 7) is 1.91. The first kappa shape index (κ1) is 27.6. The van der Waals surface area contributed by atoms with E-state index in [0.29, 0.717) is 17.9 Å². The molecule has 2 heterocycles. The minimum absolute atomic E-state index is 0.106. The van der Waals surface area contributed by atoms with Crippen LogP contribution in [0, 0.1) is 0 Å². The number of carbonyl (C=O) groups is 2. The van der Waals surface area contributed by atoms with E-state index in [1.165, 1.54) is 36.0 Å². The molecule has 0 spiro atoms. The fourth-order valence-electron chi connectivity index (χ4n) is 5.18. The Kier molecular flexibility index (Phi) is 8.71. The van der Waals surface area contributed by atoms with Gasteiger partial charge in [0.25, 0.3) is 5.56 Å². The molecule has 1 aliphatic carbocycles. The van der Waals surface area contributed by atoms with Crippen LogP contribution in [0.15, 0.2) is 40.2 Å². The lowest BCUT2D eigenvalue weighted by Gasteiger charge is -2.33. The predicted molar refractivity (Wildman–Crippen MR) is 146 cm³/mol. The number of imidazole rings is 1. The van der Waals surface area contributed by atoms with Crippen LogP contribution in [-0.4, -0.2) is 47.5 Å². The van der Waals surface area contributed by atoms with Gasteiger partial charge in [-0.25, -0.2) is 9.78 Å². The van der Waals surface area contributed by atoms with Gasteiger partial charge in [-0.15, -0.1) is 0 Å². The Balaban J connectivity index is 1.69. The summed E-state index contributed by atoms with van der Waals surface area (Å²) in [5.41, 5.74) is 0.0407. The molecule has 1 aliphatic rings. The van der Waals surface area contributed by atoms with Crippen LogP contribution in [-0.2, 0) is 36.8 Å². The zero-order valence-corrected chi connectivity index (χ0v) is 22.9. The summed E-state index contributed by atoms with van der Waals surface area (Å²) in [4.78, 5) is 58.5. The van der Waals surface area contributed by atoms with Crippen LogP contribution < -0.4 is 16.6 Å². The largest absolute Gasteiger partial charge is 0.352 e. The normalized spacial score (nSPS) is 14.9. The highest BCUT2D eigenvalue weighted by Gasteiger charge is 2.32. The number of nitrogens with one attached hydrogen (secondary N) is 1. The van der Waals surface area contributed by atoms with Crippen molar-refractivity contribution in [1.29, 1.82) is 0 Å². The van der Waals surface area contributed by atoms with Crippen molar-refractivity contribution in [3.63, 3.8) is 0 Å². The Hall–Kier alpha value is -3.40. The van der Waals surface area contributed by atoms with Crippen LogP contribution in [0.25, 0.3) is 11.2 Å². The van der Waals surface area contributed by atoms with E-state index in [-0.39, 0.29) is 42.1 Å². The smallest absolute Gasteiger partial charge is 0.332 e. The monoisotopic (exact) mass is 542 g/mol. The summed E-state index contributed by atoms with van der Waals surface area (Å²) in [7, 11) is 2.92. The highest BCUT2D eigenvalue weighted by Crippen LogP contribution is 2.22. The first-order valence-electron chi connectivity index (χ1n) is 13.2. The molecule has 10 nitrogen and oxygen atoms in total. The number of nitrogens with zero attached hydrogens (tertiary/aromatic N) is 5. The molecule has 38 heavy (non-hydrogen) atoms. The van der Waals surface area contributed by atoms with Gasteiger partial charge in [0.1, 0.15) is 12.6 Å². The molecule has 0 unspecified atom stereocenters. The molecule has 1 aromatic carbocycles. The maximum atomic E-state index is 13.9. The lowest BCUT2D eigenvalue weighted by molar-refractivity contribution is -0.142. The average molecular weight is 543 g/mol. The lowest BCUT2D eigenvalue weighted by atomic mass is 9.95. The Bertz CT molecular complexity index is 1440. The third-order valence-electron chi connectivity index (χ3n) is 7.33. The molecule has 0 bridgehead atoms. The van der Waals surface area contributed by atoms with Crippen molar-refractivity contribution in [2.45, 2.75) is 77.0 Å². The van der Waals surface area contributed by atoms with Gasteiger partial charge in [-0.2, -0.15) is 0 Å². The molecule has 0 saturated heterocycles. The maximum Gasteiger partial charge on any atom is 0.332 e. The minimum atomic E-state index is -0.701. The summed E-state index contributed by atoms with van der Waals surface area (Å²) >= 11 is 6.45. The first-order valence-corrected chi connectivity index (χ1v) is 13.5. The SMILES string of the molecule is CCC[C@H](C(=O)NC1CCCCC1)N(Cc1ccccc1Cl)C(=O)Cn1cnc2c1c(=O)n(C)c(=O)n2C. The van der Waals surface area contributed by atoms with Gasteiger partial charge in [0.2, 0.25) is 11.8 Å². The summed E-state index contributed by atoms with van der Waals surface area (Å²) in [5, 5.41) is 3.69.